The van der Waals surface area contributed by atoms with Crippen molar-refractivity contribution in [2.24, 2.45) is 0 Å². The van der Waals surface area contributed by atoms with Crippen LogP contribution in [0.4, 0.5) is 10.1 Å². The number of nitrogens with one attached hydrogen (secondary N) is 1. The molecule has 1 fully saturated rings. The fourth-order valence-corrected chi connectivity index (χ4v) is 3.25. The highest BCUT2D eigenvalue weighted by molar-refractivity contribution is 5.96. The average molecular weight is 413 g/mol. The number of para-hydroxylation sites is 1. The Hall–Kier alpha value is -3.42. The number of amides is 2. The predicted octanol–water partition coefficient (Wildman–Crippen LogP) is 1.84. The number of piperazine rings is 1. The van der Waals surface area contributed by atoms with Gasteiger partial charge in [-0.05, 0) is 37.3 Å². The van der Waals surface area contributed by atoms with Crippen LogP contribution in [0.15, 0.2) is 54.6 Å². The zero-order valence-electron chi connectivity index (χ0n) is 16.7. The van der Waals surface area contributed by atoms with Crippen LogP contribution in [0.1, 0.15) is 17.3 Å². The van der Waals surface area contributed by atoms with Crippen LogP contribution in [0.2, 0.25) is 0 Å². The molecule has 158 valence electrons. The summed E-state index contributed by atoms with van der Waals surface area (Å²) in [4.78, 5) is 40.4. The van der Waals surface area contributed by atoms with Crippen molar-refractivity contribution in [3.63, 3.8) is 0 Å². The van der Waals surface area contributed by atoms with Crippen LogP contribution >= 0.6 is 0 Å². The summed E-state index contributed by atoms with van der Waals surface area (Å²) >= 11 is 0. The molecule has 1 heterocycles. The van der Waals surface area contributed by atoms with E-state index in [9.17, 15) is 18.8 Å². The van der Waals surface area contributed by atoms with Gasteiger partial charge in [0.05, 0.1) is 0 Å². The molecule has 7 nitrogen and oxygen atoms in total. The van der Waals surface area contributed by atoms with E-state index in [4.69, 9.17) is 4.74 Å². The number of carbonyl (C=O) groups is 3. The Bertz CT molecular complexity index is 898. The normalized spacial score (nSPS) is 14.7. The molecule has 3 rings (SSSR count). The molecule has 30 heavy (non-hydrogen) atoms. The van der Waals surface area contributed by atoms with E-state index in [1.807, 2.05) is 30.3 Å². The summed E-state index contributed by atoms with van der Waals surface area (Å²) in [5.41, 5.74) is 1.21. The van der Waals surface area contributed by atoms with Crippen LogP contribution < -0.4 is 10.2 Å². The number of anilines is 1. The van der Waals surface area contributed by atoms with Crippen molar-refractivity contribution in [3.8, 4) is 0 Å². The molecule has 1 saturated heterocycles. The lowest BCUT2D eigenvalue weighted by Crippen LogP contribution is -2.52. The van der Waals surface area contributed by atoms with E-state index in [0.717, 1.165) is 11.8 Å². The van der Waals surface area contributed by atoms with Crippen molar-refractivity contribution in [2.45, 2.75) is 13.0 Å². The fraction of sp³-hybridized carbons (Fsp3) is 0.318. The van der Waals surface area contributed by atoms with E-state index < -0.39 is 30.3 Å². The lowest BCUT2D eigenvalue weighted by molar-refractivity contribution is -0.158. The van der Waals surface area contributed by atoms with Crippen molar-refractivity contribution < 1.29 is 23.5 Å². The Morgan fingerprint density at radius 2 is 1.73 bits per heavy atom. The third-order valence-electron chi connectivity index (χ3n) is 4.85. The van der Waals surface area contributed by atoms with Crippen molar-refractivity contribution >= 4 is 23.5 Å². The van der Waals surface area contributed by atoms with Crippen LogP contribution in [0, 0.1) is 5.82 Å². The van der Waals surface area contributed by atoms with Crippen molar-refractivity contribution in [2.75, 3.05) is 37.6 Å². The van der Waals surface area contributed by atoms with Gasteiger partial charge in [-0.2, -0.15) is 0 Å². The van der Waals surface area contributed by atoms with E-state index in [2.05, 4.69) is 10.2 Å². The summed E-state index contributed by atoms with van der Waals surface area (Å²) in [6.45, 7) is 3.56. The first-order valence-corrected chi connectivity index (χ1v) is 9.76. The predicted molar refractivity (Wildman–Crippen MR) is 110 cm³/mol. The van der Waals surface area contributed by atoms with Crippen LogP contribution in [0.3, 0.4) is 0 Å². The molecular weight excluding hydrogens is 389 g/mol. The minimum Gasteiger partial charge on any atom is -0.451 e. The van der Waals surface area contributed by atoms with Gasteiger partial charge in [0, 0.05) is 37.4 Å². The molecule has 2 amide bonds. The lowest BCUT2D eigenvalue weighted by atomic mass is 10.2. The van der Waals surface area contributed by atoms with E-state index >= 15 is 0 Å². The number of hydrogen-bond donors (Lipinski definition) is 1. The Kier molecular flexibility index (Phi) is 7.00. The molecule has 0 bridgehead atoms. The molecule has 0 aromatic heterocycles. The van der Waals surface area contributed by atoms with Gasteiger partial charge in [-0.1, -0.05) is 24.3 Å². The lowest BCUT2D eigenvalue weighted by Gasteiger charge is -2.37. The van der Waals surface area contributed by atoms with Gasteiger partial charge in [0.2, 0.25) is 0 Å². The first-order chi connectivity index (χ1) is 14.4. The monoisotopic (exact) mass is 413 g/mol. The van der Waals surface area contributed by atoms with E-state index in [1.54, 1.807) is 4.90 Å². The van der Waals surface area contributed by atoms with Gasteiger partial charge < -0.3 is 19.9 Å². The fourth-order valence-electron chi connectivity index (χ4n) is 3.25. The van der Waals surface area contributed by atoms with Crippen LogP contribution in [0.25, 0.3) is 0 Å². The molecule has 8 heteroatoms. The number of esters is 1. The highest BCUT2D eigenvalue weighted by Gasteiger charge is 2.27. The van der Waals surface area contributed by atoms with E-state index in [1.165, 1.54) is 25.1 Å². The Morgan fingerprint density at radius 3 is 2.40 bits per heavy atom. The second-order valence-electron chi connectivity index (χ2n) is 6.97. The minimum atomic E-state index is -0.952. The minimum absolute atomic E-state index is 0.100. The average Bonchev–Trinajstić information content (AvgIpc) is 2.77. The highest BCUT2D eigenvalue weighted by Crippen LogP contribution is 2.16. The number of halogens is 1. The molecule has 1 aliphatic heterocycles. The standard InChI is InChI=1S/C22H24FN3O4/c1-16(30-20(27)15-24-21(28)17-6-5-7-18(23)14-17)22(29)26-12-10-25(11-13-26)19-8-3-2-4-9-19/h2-9,14,16H,10-13,15H2,1H3,(H,24,28)/t16-/m0/s1. The number of hydrogen-bond acceptors (Lipinski definition) is 5. The molecule has 2 aromatic carbocycles. The first kappa shape index (κ1) is 21.3. The summed E-state index contributed by atoms with van der Waals surface area (Å²) in [7, 11) is 0. The second-order valence-corrected chi connectivity index (χ2v) is 6.97. The summed E-state index contributed by atoms with van der Waals surface area (Å²) in [5.74, 6) is -2.14. The summed E-state index contributed by atoms with van der Waals surface area (Å²) in [6, 6.07) is 15.1. The number of benzene rings is 2. The maximum absolute atomic E-state index is 13.2. The molecule has 0 spiro atoms. The van der Waals surface area contributed by atoms with Crippen molar-refractivity contribution in [1.29, 1.82) is 0 Å². The van der Waals surface area contributed by atoms with Gasteiger partial charge in [0.25, 0.3) is 11.8 Å². The van der Waals surface area contributed by atoms with Gasteiger partial charge in [0.15, 0.2) is 6.10 Å². The Labute approximate surface area is 174 Å². The molecule has 1 N–H and O–H groups in total. The number of rotatable bonds is 6. The first-order valence-electron chi connectivity index (χ1n) is 9.76. The third kappa shape index (κ3) is 5.56. The van der Waals surface area contributed by atoms with Gasteiger partial charge in [-0.25, -0.2) is 4.39 Å². The zero-order valence-corrected chi connectivity index (χ0v) is 16.7. The molecule has 1 aliphatic rings. The molecule has 1 atom stereocenters. The maximum atomic E-state index is 13.2. The quantitative estimate of drug-likeness (QED) is 0.731. The molecule has 0 radical (unpaired) electrons. The van der Waals surface area contributed by atoms with E-state index in [-0.39, 0.29) is 11.5 Å². The van der Waals surface area contributed by atoms with Crippen LogP contribution in [0.5, 0.6) is 0 Å². The summed E-state index contributed by atoms with van der Waals surface area (Å²) in [5, 5.41) is 2.36. The Morgan fingerprint density at radius 1 is 1.03 bits per heavy atom. The third-order valence-corrected chi connectivity index (χ3v) is 4.85. The smallest absolute Gasteiger partial charge is 0.326 e. The highest BCUT2D eigenvalue weighted by atomic mass is 19.1. The largest absolute Gasteiger partial charge is 0.451 e. The summed E-state index contributed by atoms with van der Waals surface area (Å²) in [6.07, 6.45) is -0.952. The van der Waals surface area contributed by atoms with E-state index in [0.29, 0.717) is 26.2 Å². The SMILES string of the molecule is C[C@H](OC(=O)CNC(=O)c1cccc(F)c1)C(=O)N1CCN(c2ccccc2)CC1. The van der Waals surface area contributed by atoms with Crippen LogP contribution in [-0.2, 0) is 14.3 Å². The molecule has 0 unspecified atom stereocenters. The zero-order chi connectivity index (χ0) is 21.5. The number of carbonyl (C=O) groups excluding carboxylic acids is 3. The summed E-state index contributed by atoms with van der Waals surface area (Å²) < 4.78 is 18.3. The second kappa shape index (κ2) is 9.87. The number of nitrogens with zero attached hydrogens (tertiary/aromatic N) is 2. The molecule has 2 aromatic rings. The van der Waals surface area contributed by atoms with Crippen molar-refractivity contribution in [1.82, 2.24) is 10.2 Å². The van der Waals surface area contributed by atoms with Gasteiger partial charge >= 0.3 is 5.97 Å². The number of ether oxygens (including phenoxy) is 1. The Balaban J connectivity index is 1.43. The van der Waals surface area contributed by atoms with Gasteiger partial charge in [-0.15, -0.1) is 0 Å². The molecule has 0 saturated carbocycles. The van der Waals surface area contributed by atoms with Gasteiger partial charge in [0.1, 0.15) is 12.4 Å². The van der Waals surface area contributed by atoms with Crippen molar-refractivity contribution in [3.05, 3.63) is 66.0 Å². The maximum Gasteiger partial charge on any atom is 0.326 e. The molecular formula is C22H24FN3O4. The topological polar surface area (TPSA) is 78.9 Å². The molecule has 0 aliphatic carbocycles. The van der Waals surface area contributed by atoms with Gasteiger partial charge in [-0.3, -0.25) is 14.4 Å². The van der Waals surface area contributed by atoms with Crippen LogP contribution in [-0.4, -0.2) is 61.5 Å².